The molecule has 1 heterocycles. The van der Waals surface area contributed by atoms with E-state index >= 15 is 0 Å². The van der Waals surface area contributed by atoms with Gasteiger partial charge in [-0.3, -0.25) is 9.59 Å². The van der Waals surface area contributed by atoms with Gasteiger partial charge in [-0.15, -0.1) is 11.3 Å². The van der Waals surface area contributed by atoms with Crippen molar-refractivity contribution < 1.29 is 19.1 Å². The van der Waals surface area contributed by atoms with Crippen LogP contribution in [0.2, 0.25) is 5.02 Å². The van der Waals surface area contributed by atoms with Crippen LogP contribution in [0.5, 0.6) is 5.75 Å². The predicted molar refractivity (Wildman–Crippen MR) is 141 cm³/mol. The number of amides is 2. The van der Waals surface area contributed by atoms with Gasteiger partial charge in [0.1, 0.15) is 16.8 Å². The molecule has 0 radical (unpaired) electrons. The number of nitrogens with one attached hydrogen (secondary N) is 2. The van der Waals surface area contributed by atoms with Crippen molar-refractivity contribution in [2.75, 3.05) is 5.32 Å². The summed E-state index contributed by atoms with van der Waals surface area (Å²) in [5.74, 6) is -2.34. The van der Waals surface area contributed by atoms with Crippen LogP contribution in [-0.4, -0.2) is 24.0 Å². The molecule has 8 nitrogen and oxygen atoms in total. The van der Waals surface area contributed by atoms with Gasteiger partial charge in [0.15, 0.2) is 0 Å². The summed E-state index contributed by atoms with van der Waals surface area (Å²) in [5, 5.41) is 16.7. The summed E-state index contributed by atoms with van der Waals surface area (Å²) >= 11 is 10.5. The van der Waals surface area contributed by atoms with E-state index in [9.17, 15) is 19.6 Å². The summed E-state index contributed by atoms with van der Waals surface area (Å²) in [7, 11) is 0. The van der Waals surface area contributed by atoms with Crippen molar-refractivity contribution in [2.24, 2.45) is 5.10 Å². The van der Waals surface area contributed by atoms with Crippen molar-refractivity contribution in [3.05, 3.63) is 79.1 Å². The second-order valence-electron chi connectivity index (χ2n) is 7.76. The lowest BCUT2D eigenvalue weighted by Gasteiger charge is -2.09. The van der Waals surface area contributed by atoms with Gasteiger partial charge in [-0.2, -0.15) is 10.4 Å². The first-order valence-electron chi connectivity index (χ1n) is 10.8. The zero-order valence-corrected chi connectivity index (χ0v) is 21.8. The molecule has 0 saturated carbocycles. The third kappa shape index (κ3) is 5.99. The van der Waals surface area contributed by atoms with Crippen LogP contribution in [0.1, 0.15) is 44.8 Å². The molecule has 0 spiro atoms. The van der Waals surface area contributed by atoms with E-state index in [1.807, 2.05) is 0 Å². The number of carbonyl (C=O) groups excluding carboxylic acids is 3. The van der Waals surface area contributed by atoms with Crippen molar-refractivity contribution in [3.63, 3.8) is 0 Å². The van der Waals surface area contributed by atoms with Gasteiger partial charge in [-0.25, -0.2) is 10.2 Å². The number of carbonyl (C=O) groups is 3. The van der Waals surface area contributed by atoms with Gasteiger partial charge in [0.2, 0.25) is 0 Å². The molecule has 2 amide bonds. The second-order valence-corrected chi connectivity index (χ2v) is 10.2. The molecule has 0 fully saturated rings. The lowest BCUT2D eigenvalue weighted by atomic mass is 9.96. The number of anilines is 1. The number of nitriles is 1. The summed E-state index contributed by atoms with van der Waals surface area (Å²) < 4.78 is 6.15. The van der Waals surface area contributed by atoms with Gasteiger partial charge in [0, 0.05) is 19.9 Å². The highest BCUT2D eigenvalue weighted by Crippen LogP contribution is 2.37. The van der Waals surface area contributed by atoms with Gasteiger partial charge in [0.25, 0.3) is 0 Å². The summed E-state index contributed by atoms with van der Waals surface area (Å²) in [6.45, 7) is 0. The zero-order valence-electron chi connectivity index (χ0n) is 18.6. The number of fused-ring (bicyclic) bond motifs is 1. The van der Waals surface area contributed by atoms with Crippen LogP contribution in [0.4, 0.5) is 5.00 Å². The normalized spacial score (nSPS) is 12.5. The molecule has 182 valence electrons. The number of thiophene rings is 1. The molecule has 1 aliphatic carbocycles. The second kappa shape index (κ2) is 11.5. The van der Waals surface area contributed by atoms with Crippen LogP contribution in [0, 0.1) is 11.3 Å². The first-order chi connectivity index (χ1) is 17.4. The number of halogens is 2. The van der Waals surface area contributed by atoms with Crippen LogP contribution < -0.4 is 15.5 Å². The van der Waals surface area contributed by atoms with E-state index in [-0.39, 0.29) is 5.75 Å². The first-order valence-corrected chi connectivity index (χ1v) is 12.8. The Balaban J connectivity index is 1.42. The Morgan fingerprint density at radius 1 is 1.11 bits per heavy atom. The number of hydrogen-bond acceptors (Lipinski definition) is 7. The number of rotatable bonds is 5. The topological polar surface area (TPSA) is 121 Å². The Kier molecular flexibility index (Phi) is 8.15. The van der Waals surface area contributed by atoms with Gasteiger partial charge in [-0.1, -0.05) is 27.5 Å². The summed E-state index contributed by atoms with van der Waals surface area (Å²) in [5.41, 5.74) is 4.22. The van der Waals surface area contributed by atoms with Crippen molar-refractivity contribution in [1.29, 1.82) is 5.26 Å². The molecule has 1 aliphatic rings. The van der Waals surface area contributed by atoms with Crippen LogP contribution in [0.3, 0.4) is 0 Å². The number of hydrazone groups is 1. The van der Waals surface area contributed by atoms with Crippen molar-refractivity contribution in [1.82, 2.24) is 5.43 Å². The van der Waals surface area contributed by atoms with Crippen molar-refractivity contribution >= 4 is 67.9 Å². The maximum atomic E-state index is 12.5. The standard InChI is InChI=1S/C25H18BrClN4O4S/c26-16-7-10-20(35-25(34)14-5-8-17(27)9-6-14)15(11-16)13-29-31-23(33)22(32)30-24-19(12-28)18-3-1-2-4-21(18)36-24/h5-11,13H,1-4H2,(H,30,32)(H,31,33)/b29-13+. The Morgan fingerprint density at radius 3 is 2.61 bits per heavy atom. The van der Waals surface area contributed by atoms with Crippen LogP contribution >= 0.6 is 38.9 Å². The monoisotopic (exact) mass is 584 g/mol. The van der Waals surface area contributed by atoms with Gasteiger partial charge in [0.05, 0.1) is 17.3 Å². The van der Waals surface area contributed by atoms with Gasteiger partial charge < -0.3 is 10.1 Å². The Labute approximate surface area is 224 Å². The number of nitrogens with zero attached hydrogens (tertiary/aromatic N) is 2. The van der Waals surface area contributed by atoms with Crippen LogP contribution in [0.15, 0.2) is 52.0 Å². The third-order valence-electron chi connectivity index (χ3n) is 5.34. The van der Waals surface area contributed by atoms with E-state index in [1.54, 1.807) is 30.3 Å². The predicted octanol–water partition coefficient (Wildman–Crippen LogP) is 5.22. The minimum Gasteiger partial charge on any atom is -0.422 e. The Morgan fingerprint density at radius 2 is 1.86 bits per heavy atom. The molecular formula is C25H18BrClN4O4S. The maximum Gasteiger partial charge on any atom is 0.343 e. The summed E-state index contributed by atoms with van der Waals surface area (Å²) in [4.78, 5) is 38.2. The molecule has 4 rings (SSSR count). The molecule has 11 heteroatoms. The van der Waals surface area contributed by atoms with Gasteiger partial charge in [-0.05, 0) is 73.7 Å². The average molecular weight is 586 g/mol. The Bertz CT molecular complexity index is 1410. The number of benzene rings is 2. The highest BCUT2D eigenvalue weighted by Gasteiger charge is 2.23. The molecule has 36 heavy (non-hydrogen) atoms. The molecule has 3 aromatic rings. The highest BCUT2D eigenvalue weighted by atomic mass is 79.9. The zero-order chi connectivity index (χ0) is 25.7. The largest absolute Gasteiger partial charge is 0.422 e. The average Bonchev–Trinajstić information content (AvgIpc) is 3.22. The molecule has 0 aliphatic heterocycles. The molecule has 0 saturated heterocycles. The van der Waals surface area contributed by atoms with Gasteiger partial charge >= 0.3 is 17.8 Å². The smallest absolute Gasteiger partial charge is 0.343 e. The minimum absolute atomic E-state index is 0.198. The number of aryl methyl sites for hydroxylation is 1. The van der Waals surface area contributed by atoms with Crippen molar-refractivity contribution in [3.8, 4) is 11.8 Å². The number of ether oxygens (including phenoxy) is 1. The summed E-state index contributed by atoms with van der Waals surface area (Å²) in [6, 6.07) is 13.3. The fourth-order valence-electron chi connectivity index (χ4n) is 3.60. The fraction of sp³-hybridized carbons (Fsp3) is 0.160. The fourth-order valence-corrected chi connectivity index (χ4v) is 5.34. The number of esters is 1. The third-order valence-corrected chi connectivity index (χ3v) is 7.29. The summed E-state index contributed by atoms with van der Waals surface area (Å²) in [6.07, 6.45) is 4.93. The van der Waals surface area contributed by atoms with E-state index in [4.69, 9.17) is 16.3 Å². The van der Waals surface area contributed by atoms with E-state index in [2.05, 4.69) is 37.8 Å². The first kappa shape index (κ1) is 25.6. The molecule has 0 atom stereocenters. The molecular weight excluding hydrogens is 568 g/mol. The minimum atomic E-state index is -1.00. The lowest BCUT2D eigenvalue weighted by Crippen LogP contribution is -2.32. The van der Waals surface area contributed by atoms with Crippen LogP contribution in [0.25, 0.3) is 0 Å². The highest BCUT2D eigenvalue weighted by molar-refractivity contribution is 9.10. The molecule has 0 unspecified atom stereocenters. The van der Waals surface area contributed by atoms with E-state index < -0.39 is 17.8 Å². The molecule has 1 aromatic heterocycles. The lowest BCUT2D eigenvalue weighted by molar-refractivity contribution is -0.136. The molecule has 2 aromatic carbocycles. The van der Waals surface area contributed by atoms with E-state index in [0.717, 1.165) is 36.1 Å². The Hall–Kier alpha value is -3.52. The van der Waals surface area contributed by atoms with E-state index in [1.165, 1.54) is 29.7 Å². The quantitative estimate of drug-likeness (QED) is 0.140. The van der Waals surface area contributed by atoms with Crippen molar-refractivity contribution in [2.45, 2.75) is 25.7 Å². The van der Waals surface area contributed by atoms with Crippen LogP contribution in [-0.2, 0) is 22.4 Å². The molecule has 0 bridgehead atoms. The SMILES string of the molecule is N#Cc1c(NC(=O)C(=O)N/N=C/c2cc(Br)ccc2OC(=O)c2ccc(Cl)cc2)sc2c1CCCC2. The number of hydrogen-bond donors (Lipinski definition) is 2. The molecule has 2 N–H and O–H groups in total. The maximum absolute atomic E-state index is 12.5. The van der Waals surface area contributed by atoms with E-state index in [0.29, 0.717) is 31.2 Å².